The van der Waals surface area contributed by atoms with E-state index in [4.69, 9.17) is 25.5 Å². The lowest BCUT2D eigenvalue weighted by Crippen LogP contribution is -2.51. The normalized spacial score (nSPS) is 14.0. The Labute approximate surface area is 161 Å². The number of furan rings is 1. The first-order valence-corrected chi connectivity index (χ1v) is 8.71. The molecule has 1 aromatic heterocycles. The van der Waals surface area contributed by atoms with Crippen LogP contribution in [-0.4, -0.2) is 62.1 Å². The van der Waals surface area contributed by atoms with Crippen molar-refractivity contribution in [3.05, 3.63) is 41.3 Å². The van der Waals surface area contributed by atoms with E-state index in [1.807, 2.05) is 0 Å². The van der Waals surface area contributed by atoms with E-state index in [0.717, 1.165) is 0 Å². The molecule has 1 aliphatic heterocycles. The Morgan fingerprint density at radius 2 is 1.74 bits per heavy atom. The highest BCUT2D eigenvalue weighted by Gasteiger charge is 2.26. The predicted octanol–water partition coefficient (Wildman–Crippen LogP) is 2.94. The van der Waals surface area contributed by atoms with Crippen molar-refractivity contribution < 1.29 is 23.5 Å². The van der Waals surface area contributed by atoms with Crippen LogP contribution in [0.4, 0.5) is 10.5 Å². The van der Waals surface area contributed by atoms with Gasteiger partial charge in [0.05, 0.1) is 31.2 Å². The zero-order chi connectivity index (χ0) is 19.4. The molecule has 3 amide bonds. The second-order valence-corrected chi connectivity index (χ2v) is 6.28. The largest absolute Gasteiger partial charge is 0.495 e. The third kappa shape index (κ3) is 4.11. The molecule has 1 fully saturated rings. The van der Waals surface area contributed by atoms with Gasteiger partial charge < -0.3 is 29.0 Å². The number of nitrogens with one attached hydrogen (secondary N) is 1. The summed E-state index contributed by atoms with van der Waals surface area (Å²) in [5, 5.41) is 3.16. The number of benzene rings is 1. The maximum Gasteiger partial charge on any atom is 0.322 e. The second-order valence-electron chi connectivity index (χ2n) is 5.87. The molecule has 144 valence electrons. The number of amides is 3. The molecule has 0 radical (unpaired) electrons. The lowest BCUT2D eigenvalue weighted by atomic mass is 10.2. The first kappa shape index (κ1) is 18.9. The summed E-state index contributed by atoms with van der Waals surface area (Å²) < 4.78 is 15.6. The van der Waals surface area contributed by atoms with Crippen LogP contribution in [0.3, 0.4) is 0 Å². The van der Waals surface area contributed by atoms with Crippen LogP contribution in [0.15, 0.2) is 34.9 Å². The number of hydrogen-bond donors (Lipinski definition) is 1. The topological polar surface area (TPSA) is 84.3 Å². The van der Waals surface area contributed by atoms with Gasteiger partial charge in [-0.15, -0.1) is 0 Å². The maximum absolute atomic E-state index is 12.6. The monoisotopic (exact) mass is 393 g/mol. The number of methoxy groups -OCH3 is 2. The third-order valence-corrected chi connectivity index (χ3v) is 4.60. The number of ether oxygens (including phenoxy) is 2. The number of carbonyl (C=O) groups excluding carboxylic acids is 2. The summed E-state index contributed by atoms with van der Waals surface area (Å²) in [6.07, 6.45) is 1.46. The van der Waals surface area contributed by atoms with E-state index in [2.05, 4.69) is 5.32 Å². The van der Waals surface area contributed by atoms with Crippen molar-refractivity contribution in [2.24, 2.45) is 0 Å². The Bertz CT molecular complexity index is 817. The third-order valence-electron chi connectivity index (χ3n) is 4.30. The van der Waals surface area contributed by atoms with Crippen molar-refractivity contribution in [1.29, 1.82) is 0 Å². The summed E-state index contributed by atoms with van der Waals surface area (Å²) in [5.74, 6) is 1.02. The van der Waals surface area contributed by atoms with E-state index in [-0.39, 0.29) is 11.9 Å². The molecular weight excluding hydrogens is 374 g/mol. The average molecular weight is 394 g/mol. The molecule has 2 aromatic rings. The van der Waals surface area contributed by atoms with Gasteiger partial charge in [0.1, 0.15) is 11.5 Å². The number of piperazine rings is 1. The number of carbonyl (C=O) groups is 2. The van der Waals surface area contributed by atoms with E-state index in [1.165, 1.54) is 20.5 Å². The van der Waals surface area contributed by atoms with Gasteiger partial charge in [0.15, 0.2) is 5.76 Å². The summed E-state index contributed by atoms with van der Waals surface area (Å²) in [6.45, 7) is 1.66. The molecule has 2 heterocycles. The highest BCUT2D eigenvalue weighted by molar-refractivity contribution is 6.32. The van der Waals surface area contributed by atoms with Crippen molar-refractivity contribution in [1.82, 2.24) is 9.80 Å². The van der Waals surface area contributed by atoms with Gasteiger partial charge >= 0.3 is 6.03 Å². The van der Waals surface area contributed by atoms with Gasteiger partial charge in [0.2, 0.25) is 0 Å². The van der Waals surface area contributed by atoms with Gasteiger partial charge in [-0.25, -0.2) is 4.79 Å². The lowest BCUT2D eigenvalue weighted by Gasteiger charge is -2.34. The van der Waals surface area contributed by atoms with E-state index < -0.39 is 0 Å². The van der Waals surface area contributed by atoms with E-state index in [0.29, 0.717) is 54.1 Å². The summed E-state index contributed by atoms with van der Waals surface area (Å²) in [7, 11) is 3.00. The fourth-order valence-electron chi connectivity index (χ4n) is 2.82. The van der Waals surface area contributed by atoms with Crippen LogP contribution < -0.4 is 14.8 Å². The number of hydrogen-bond acceptors (Lipinski definition) is 5. The highest BCUT2D eigenvalue weighted by atomic mass is 35.5. The number of anilines is 1. The standard InChI is InChI=1S/C18H20ClN3O5/c1-25-15-11-16(26-2)13(10-12(15)19)20-18(24)22-7-5-21(6-8-22)17(23)14-4-3-9-27-14/h3-4,9-11H,5-8H2,1-2H3,(H,20,24). The highest BCUT2D eigenvalue weighted by Crippen LogP contribution is 2.36. The quantitative estimate of drug-likeness (QED) is 0.863. The Morgan fingerprint density at radius 1 is 1.07 bits per heavy atom. The molecular formula is C18H20ClN3O5. The Hall–Kier alpha value is -2.87. The molecule has 27 heavy (non-hydrogen) atoms. The zero-order valence-electron chi connectivity index (χ0n) is 15.0. The van der Waals surface area contributed by atoms with E-state index in [1.54, 1.807) is 34.1 Å². The van der Waals surface area contributed by atoms with Crippen molar-refractivity contribution in [2.45, 2.75) is 0 Å². The molecule has 0 unspecified atom stereocenters. The smallest absolute Gasteiger partial charge is 0.322 e. The van der Waals surface area contributed by atoms with E-state index in [9.17, 15) is 9.59 Å². The maximum atomic E-state index is 12.6. The summed E-state index contributed by atoms with van der Waals surface area (Å²) in [6, 6.07) is 6.19. The molecule has 0 atom stereocenters. The van der Waals surface area contributed by atoms with E-state index >= 15 is 0 Å². The minimum absolute atomic E-state index is 0.177. The fraction of sp³-hybridized carbons (Fsp3) is 0.333. The number of halogens is 1. The molecule has 0 bridgehead atoms. The summed E-state index contributed by atoms with van der Waals surface area (Å²) in [4.78, 5) is 28.1. The first-order chi connectivity index (χ1) is 13.0. The second kappa shape index (κ2) is 8.22. The molecule has 1 saturated heterocycles. The van der Waals surface area contributed by atoms with Crippen LogP contribution in [0.5, 0.6) is 11.5 Å². The van der Waals surface area contributed by atoms with Crippen LogP contribution in [0.1, 0.15) is 10.6 Å². The van der Waals surface area contributed by atoms with Gasteiger partial charge in [-0.3, -0.25) is 4.79 Å². The molecule has 1 N–H and O–H groups in total. The SMILES string of the molecule is COc1cc(OC)c(NC(=O)N2CCN(C(=O)c3ccco3)CC2)cc1Cl. The minimum Gasteiger partial charge on any atom is -0.495 e. The zero-order valence-corrected chi connectivity index (χ0v) is 15.8. The van der Waals surface area contributed by atoms with Gasteiger partial charge in [-0.1, -0.05) is 11.6 Å². The molecule has 8 nitrogen and oxygen atoms in total. The molecule has 0 spiro atoms. The van der Waals surface area contributed by atoms with Crippen LogP contribution in [-0.2, 0) is 0 Å². The van der Waals surface area contributed by atoms with Crippen molar-refractivity contribution in [3.8, 4) is 11.5 Å². The molecule has 1 aliphatic rings. The van der Waals surface area contributed by atoms with Gasteiger partial charge in [-0.05, 0) is 18.2 Å². The lowest BCUT2D eigenvalue weighted by molar-refractivity contribution is 0.0640. The van der Waals surface area contributed by atoms with Crippen molar-refractivity contribution >= 4 is 29.2 Å². The number of urea groups is 1. The van der Waals surface area contributed by atoms with Crippen LogP contribution in [0.25, 0.3) is 0 Å². The van der Waals surface area contributed by atoms with Crippen LogP contribution in [0.2, 0.25) is 5.02 Å². The number of nitrogens with zero attached hydrogens (tertiary/aromatic N) is 2. The Kier molecular flexibility index (Phi) is 5.75. The van der Waals surface area contributed by atoms with Crippen LogP contribution >= 0.6 is 11.6 Å². The van der Waals surface area contributed by atoms with Gasteiger partial charge in [-0.2, -0.15) is 0 Å². The Morgan fingerprint density at radius 3 is 2.33 bits per heavy atom. The van der Waals surface area contributed by atoms with Gasteiger partial charge in [0, 0.05) is 32.2 Å². The summed E-state index contributed by atoms with van der Waals surface area (Å²) in [5.41, 5.74) is 0.447. The molecule has 3 rings (SSSR count). The summed E-state index contributed by atoms with van der Waals surface area (Å²) >= 11 is 6.13. The molecule has 0 saturated carbocycles. The molecule has 9 heteroatoms. The Balaban J connectivity index is 1.62. The predicted molar refractivity (Wildman–Crippen MR) is 99.8 cm³/mol. The van der Waals surface area contributed by atoms with Crippen molar-refractivity contribution in [2.75, 3.05) is 45.7 Å². The first-order valence-electron chi connectivity index (χ1n) is 8.33. The molecule has 0 aliphatic carbocycles. The molecule has 1 aromatic carbocycles. The fourth-order valence-corrected chi connectivity index (χ4v) is 3.06. The van der Waals surface area contributed by atoms with Gasteiger partial charge in [0.25, 0.3) is 5.91 Å². The minimum atomic E-state index is -0.292. The average Bonchev–Trinajstić information content (AvgIpc) is 3.22. The van der Waals surface area contributed by atoms with Crippen molar-refractivity contribution in [3.63, 3.8) is 0 Å². The van der Waals surface area contributed by atoms with Crippen LogP contribution in [0, 0.1) is 0 Å². The number of rotatable bonds is 4.